The molecule has 0 saturated heterocycles. The van der Waals surface area contributed by atoms with Crippen LogP contribution in [0, 0.1) is 0 Å². The molecule has 0 bridgehead atoms. The van der Waals surface area contributed by atoms with Crippen LogP contribution in [-0.2, 0) is 19.1 Å². The minimum atomic E-state index is -0.944. The number of carbonyl (C=O) groups is 3. The summed E-state index contributed by atoms with van der Waals surface area (Å²) in [6.07, 6.45) is -0.462. The van der Waals surface area contributed by atoms with Crippen LogP contribution in [0.1, 0.15) is 20.3 Å². The zero-order valence-corrected chi connectivity index (χ0v) is 15.7. The van der Waals surface area contributed by atoms with E-state index in [1.165, 1.54) is 0 Å². The number of esters is 2. The third-order valence-corrected chi connectivity index (χ3v) is 4.28. The molecule has 0 fully saturated rings. The van der Waals surface area contributed by atoms with Gasteiger partial charge in [-0.3, -0.25) is 0 Å². The minimum Gasteiger partial charge on any atom is -0.485 e. The lowest BCUT2D eigenvalue weighted by atomic mass is 10.0. The molecule has 2 amide bonds. The van der Waals surface area contributed by atoms with Gasteiger partial charge in [-0.15, -0.1) is 0 Å². The summed E-state index contributed by atoms with van der Waals surface area (Å²) in [5, 5.41) is 5.18. The third-order valence-electron chi connectivity index (χ3n) is 4.28. The molecule has 150 valence electrons. The lowest BCUT2D eigenvalue weighted by Gasteiger charge is -2.29. The number of para-hydroxylation sites is 2. The van der Waals surface area contributed by atoms with Crippen LogP contribution >= 0.6 is 0 Å². The fourth-order valence-electron chi connectivity index (χ4n) is 2.95. The summed E-state index contributed by atoms with van der Waals surface area (Å²) in [6.45, 7) is 3.41. The molecular formula is C19H22N2O7. The summed E-state index contributed by atoms with van der Waals surface area (Å²) >= 11 is 0. The van der Waals surface area contributed by atoms with Gasteiger partial charge in [-0.25, -0.2) is 14.4 Å². The Balaban J connectivity index is 1.70. The van der Waals surface area contributed by atoms with E-state index in [1.54, 1.807) is 31.2 Å². The predicted octanol–water partition coefficient (Wildman–Crippen LogP) is 1.28. The summed E-state index contributed by atoms with van der Waals surface area (Å²) in [5.41, 5.74) is 0.433. The number of fused-ring (bicyclic) bond motifs is 1. The van der Waals surface area contributed by atoms with Crippen molar-refractivity contribution in [3.8, 4) is 11.5 Å². The highest BCUT2D eigenvalue weighted by Gasteiger charge is 2.33. The summed E-state index contributed by atoms with van der Waals surface area (Å²) in [7, 11) is 0. The number of rotatable bonds is 6. The number of ether oxygens (including phenoxy) is 4. The maximum Gasteiger partial charge on any atom is 0.351 e. The SMILES string of the molecule is CCOC(=O)C1=C(COC(=O)[C@H]2COc3ccccc3O2)NC(=O)N[C@H]1CC. The highest BCUT2D eigenvalue weighted by Crippen LogP contribution is 2.31. The number of amides is 2. The van der Waals surface area contributed by atoms with Crippen LogP contribution in [0.5, 0.6) is 11.5 Å². The van der Waals surface area contributed by atoms with E-state index in [0.717, 1.165) is 0 Å². The smallest absolute Gasteiger partial charge is 0.351 e. The molecule has 9 heteroatoms. The summed E-state index contributed by atoms with van der Waals surface area (Å²) in [5.74, 6) is -0.233. The average molecular weight is 390 g/mol. The van der Waals surface area contributed by atoms with Crippen molar-refractivity contribution in [1.29, 1.82) is 0 Å². The van der Waals surface area contributed by atoms with Crippen molar-refractivity contribution in [2.75, 3.05) is 19.8 Å². The monoisotopic (exact) mass is 390 g/mol. The lowest BCUT2D eigenvalue weighted by Crippen LogP contribution is -2.51. The maximum absolute atomic E-state index is 12.4. The largest absolute Gasteiger partial charge is 0.485 e. The van der Waals surface area contributed by atoms with Gasteiger partial charge in [0.25, 0.3) is 0 Å². The van der Waals surface area contributed by atoms with E-state index in [4.69, 9.17) is 18.9 Å². The molecule has 0 radical (unpaired) electrons. The first-order valence-corrected chi connectivity index (χ1v) is 9.06. The topological polar surface area (TPSA) is 112 Å². The van der Waals surface area contributed by atoms with Crippen LogP contribution < -0.4 is 20.1 Å². The Kier molecular flexibility index (Phi) is 6.03. The molecule has 0 aliphatic carbocycles. The first kappa shape index (κ1) is 19.5. The van der Waals surface area contributed by atoms with Gasteiger partial charge in [0.15, 0.2) is 11.5 Å². The van der Waals surface area contributed by atoms with Crippen molar-refractivity contribution in [3.05, 3.63) is 35.5 Å². The normalized spacial score (nSPS) is 20.7. The van der Waals surface area contributed by atoms with Gasteiger partial charge in [-0.2, -0.15) is 0 Å². The molecule has 0 saturated carbocycles. The van der Waals surface area contributed by atoms with Crippen molar-refractivity contribution in [1.82, 2.24) is 10.6 Å². The molecule has 0 unspecified atom stereocenters. The van der Waals surface area contributed by atoms with E-state index in [9.17, 15) is 14.4 Å². The predicted molar refractivity (Wildman–Crippen MR) is 96.7 cm³/mol. The zero-order valence-electron chi connectivity index (χ0n) is 15.7. The van der Waals surface area contributed by atoms with Gasteiger partial charge >= 0.3 is 18.0 Å². The molecular weight excluding hydrogens is 368 g/mol. The Labute approximate surface area is 162 Å². The number of hydrogen-bond acceptors (Lipinski definition) is 7. The van der Waals surface area contributed by atoms with E-state index in [1.807, 2.05) is 6.92 Å². The summed E-state index contributed by atoms with van der Waals surface area (Å²) in [4.78, 5) is 36.6. The molecule has 2 aliphatic rings. The Morgan fingerprint density at radius 1 is 1.18 bits per heavy atom. The van der Waals surface area contributed by atoms with Crippen molar-refractivity contribution in [2.24, 2.45) is 0 Å². The number of benzene rings is 1. The Hall–Kier alpha value is -3.23. The molecule has 28 heavy (non-hydrogen) atoms. The third kappa shape index (κ3) is 4.19. The van der Waals surface area contributed by atoms with Crippen LogP contribution in [0.25, 0.3) is 0 Å². The number of urea groups is 1. The van der Waals surface area contributed by atoms with Crippen molar-refractivity contribution in [3.63, 3.8) is 0 Å². The first-order valence-electron chi connectivity index (χ1n) is 9.06. The van der Waals surface area contributed by atoms with Crippen LogP contribution in [0.3, 0.4) is 0 Å². The maximum atomic E-state index is 12.4. The van der Waals surface area contributed by atoms with Crippen LogP contribution in [-0.4, -0.2) is 49.9 Å². The zero-order chi connectivity index (χ0) is 20.1. The molecule has 2 N–H and O–H groups in total. The van der Waals surface area contributed by atoms with E-state index >= 15 is 0 Å². The molecule has 2 heterocycles. The summed E-state index contributed by atoms with van der Waals surface area (Å²) in [6, 6.07) is 5.99. The van der Waals surface area contributed by atoms with Gasteiger partial charge in [0.05, 0.1) is 23.9 Å². The van der Waals surface area contributed by atoms with Crippen LogP contribution in [0.15, 0.2) is 35.5 Å². The van der Waals surface area contributed by atoms with Gasteiger partial charge in [0, 0.05) is 0 Å². The van der Waals surface area contributed by atoms with Gasteiger partial charge in [-0.1, -0.05) is 19.1 Å². The minimum absolute atomic E-state index is 0.00509. The molecule has 1 aromatic carbocycles. The fraction of sp³-hybridized carbons (Fsp3) is 0.421. The number of hydrogen-bond donors (Lipinski definition) is 2. The standard InChI is InChI=1S/C19H22N2O7/c1-3-11-16(18(23)25-4-2)12(21-19(24)20-11)9-27-17(22)15-10-26-13-7-5-6-8-14(13)28-15/h5-8,11,15H,3-4,9-10H2,1-2H3,(H2,20,21,24)/t11-,15+/m0/s1. The quantitative estimate of drug-likeness (QED) is 0.704. The van der Waals surface area contributed by atoms with E-state index in [2.05, 4.69) is 10.6 Å². The second kappa shape index (κ2) is 8.64. The van der Waals surface area contributed by atoms with Gasteiger partial charge in [0.1, 0.15) is 13.2 Å². The van der Waals surface area contributed by atoms with Crippen LogP contribution in [0.4, 0.5) is 4.79 Å². The molecule has 2 aliphatic heterocycles. The number of carbonyl (C=O) groups excluding carboxylic acids is 3. The average Bonchev–Trinajstić information content (AvgIpc) is 2.71. The molecule has 9 nitrogen and oxygen atoms in total. The second-order valence-electron chi connectivity index (χ2n) is 6.14. The van der Waals surface area contributed by atoms with Crippen molar-refractivity contribution >= 4 is 18.0 Å². The molecule has 3 rings (SSSR count). The molecule has 0 spiro atoms. The Morgan fingerprint density at radius 3 is 2.64 bits per heavy atom. The lowest BCUT2D eigenvalue weighted by molar-refractivity contribution is -0.153. The highest BCUT2D eigenvalue weighted by molar-refractivity contribution is 5.95. The van der Waals surface area contributed by atoms with Gasteiger partial charge in [-0.05, 0) is 25.5 Å². The molecule has 2 atom stereocenters. The summed E-state index contributed by atoms with van der Waals surface area (Å²) < 4.78 is 21.5. The highest BCUT2D eigenvalue weighted by atomic mass is 16.6. The molecule has 1 aromatic rings. The van der Waals surface area contributed by atoms with E-state index < -0.39 is 30.1 Å². The second-order valence-corrected chi connectivity index (χ2v) is 6.14. The fourth-order valence-corrected chi connectivity index (χ4v) is 2.95. The van der Waals surface area contributed by atoms with Crippen molar-refractivity contribution in [2.45, 2.75) is 32.4 Å². The number of nitrogens with one attached hydrogen (secondary N) is 2. The van der Waals surface area contributed by atoms with E-state index in [0.29, 0.717) is 17.9 Å². The van der Waals surface area contributed by atoms with Crippen LogP contribution in [0.2, 0.25) is 0 Å². The molecule has 0 aromatic heterocycles. The van der Waals surface area contributed by atoms with Gasteiger partial charge in [0.2, 0.25) is 6.10 Å². The van der Waals surface area contributed by atoms with E-state index in [-0.39, 0.29) is 31.1 Å². The Bertz CT molecular complexity index is 805. The van der Waals surface area contributed by atoms with Gasteiger partial charge < -0.3 is 29.6 Å². The first-order chi connectivity index (χ1) is 13.5. The van der Waals surface area contributed by atoms with Crippen molar-refractivity contribution < 1.29 is 33.3 Å². The Morgan fingerprint density at radius 2 is 1.93 bits per heavy atom.